The Morgan fingerprint density at radius 3 is 2.62 bits per heavy atom. The Bertz CT molecular complexity index is 2040. The molecule has 13 nitrogen and oxygen atoms in total. The van der Waals surface area contributed by atoms with Gasteiger partial charge < -0.3 is 25.0 Å². The van der Waals surface area contributed by atoms with E-state index in [0.717, 1.165) is 23.8 Å². The number of amides is 4. The number of nitrogens with zero attached hydrogens (tertiary/aromatic N) is 2. The van der Waals surface area contributed by atoms with Gasteiger partial charge >= 0.3 is 6.09 Å². The molecule has 298 valence electrons. The summed E-state index contributed by atoms with van der Waals surface area (Å²) in [6.07, 6.45) is 8.98. The van der Waals surface area contributed by atoms with E-state index in [9.17, 15) is 32.0 Å². The van der Waals surface area contributed by atoms with Gasteiger partial charge in [0, 0.05) is 29.4 Å². The highest BCUT2D eigenvalue weighted by Gasteiger charge is 2.59. The molecule has 55 heavy (non-hydrogen) atoms. The van der Waals surface area contributed by atoms with Crippen molar-refractivity contribution in [3.8, 4) is 5.75 Å². The van der Waals surface area contributed by atoms with Gasteiger partial charge in [0.05, 0.1) is 29.1 Å². The van der Waals surface area contributed by atoms with E-state index in [-0.39, 0.29) is 31.9 Å². The third kappa shape index (κ3) is 7.52. The summed E-state index contributed by atoms with van der Waals surface area (Å²) in [6, 6.07) is 2.32. The number of halogens is 1. The van der Waals surface area contributed by atoms with Crippen LogP contribution >= 0.6 is 0 Å². The molecule has 7 rings (SSSR count). The summed E-state index contributed by atoms with van der Waals surface area (Å²) in [4.78, 5) is 62.6. The first-order valence-electron chi connectivity index (χ1n) is 19.6. The van der Waals surface area contributed by atoms with E-state index >= 15 is 0 Å². The van der Waals surface area contributed by atoms with Gasteiger partial charge in [0.1, 0.15) is 34.8 Å². The van der Waals surface area contributed by atoms with Gasteiger partial charge in [-0.1, -0.05) is 38.8 Å². The molecule has 4 heterocycles. The van der Waals surface area contributed by atoms with Crippen molar-refractivity contribution < 1.29 is 41.5 Å². The second-order valence-electron chi connectivity index (χ2n) is 16.9. The van der Waals surface area contributed by atoms with Crippen molar-refractivity contribution in [2.24, 2.45) is 11.8 Å². The molecule has 1 spiro atoms. The molecule has 3 fully saturated rings. The van der Waals surface area contributed by atoms with Gasteiger partial charge in [-0.2, -0.15) is 0 Å². The number of pyridine rings is 1. The molecule has 4 amide bonds. The molecule has 5 unspecified atom stereocenters. The van der Waals surface area contributed by atoms with Gasteiger partial charge in [-0.25, -0.2) is 22.6 Å². The highest BCUT2D eigenvalue weighted by atomic mass is 32.2. The molecular weight excluding hydrogens is 730 g/mol. The molecule has 3 aliphatic heterocycles. The van der Waals surface area contributed by atoms with Crippen LogP contribution in [-0.4, -0.2) is 83.2 Å². The van der Waals surface area contributed by atoms with Gasteiger partial charge in [0.25, 0.3) is 5.91 Å². The monoisotopic (exact) mass is 781 g/mol. The number of sulfonamides is 1. The first kappa shape index (κ1) is 39.0. The van der Waals surface area contributed by atoms with Gasteiger partial charge in [-0.05, 0) is 89.7 Å². The number of allylic oxidation sites excluding steroid dienone is 1. The van der Waals surface area contributed by atoms with Crippen LogP contribution in [0.25, 0.3) is 10.9 Å². The number of hydrogen-bond acceptors (Lipinski definition) is 9. The maximum absolute atomic E-state index is 14.7. The predicted octanol–water partition coefficient (Wildman–Crippen LogP) is 4.88. The van der Waals surface area contributed by atoms with E-state index in [4.69, 9.17) is 9.47 Å². The molecule has 0 radical (unpaired) electrons. The molecular formula is C40H52FN5O8S. The van der Waals surface area contributed by atoms with Gasteiger partial charge in [-0.15, -0.1) is 0 Å². The Hall–Kier alpha value is -4.27. The third-order valence-electron chi connectivity index (χ3n) is 12.2. The second kappa shape index (κ2) is 14.7. The molecule has 1 aromatic carbocycles. The van der Waals surface area contributed by atoms with Crippen molar-refractivity contribution >= 4 is 44.7 Å². The van der Waals surface area contributed by atoms with Crippen LogP contribution in [0, 0.1) is 24.6 Å². The average molecular weight is 782 g/mol. The largest absolute Gasteiger partial charge is 0.483 e. The molecule has 0 bridgehead atoms. The third-order valence-corrected chi connectivity index (χ3v) is 14.4. The number of nitrogens with one attached hydrogen (secondary N) is 3. The predicted molar refractivity (Wildman–Crippen MR) is 202 cm³/mol. The summed E-state index contributed by atoms with van der Waals surface area (Å²) in [7, 11) is -4.01. The maximum atomic E-state index is 14.7. The first-order valence-corrected chi connectivity index (χ1v) is 21.1. The number of aromatic nitrogens is 1. The van der Waals surface area contributed by atoms with Crippen LogP contribution in [0.2, 0.25) is 0 Å². The van der Waals surface area contributed by atoms with Gasteiger partial charge in [0.15, 0.2) is 0 Å². The number of carbonyl (C=O) groups is 4. The van der Waals surface area contributed by atoms with Crippen LogP contribution < -0.4 is 20.1 Å². The quantitative estimate of drug-likeness (QED) is 0.346. The van der Waals surface area contributed by atoms with Crippen LogP contribution in [0.5, 0.6) is 5.75 Å². The minimum atomic E-state index is -4.01. The topological polar surface area (TPSA) is 173 Å². The van der Waals surface area contributed by atoms with Gasteiger partial charge in [0.2, 0.25) is 21.8 Å². The molecule has 15 heteroatoms. The SMILES string of the molecule is Cc1nc2cc(F)ccc2c2c1OC1(CC2)CC2C(=O)NC3(C(=O)NS(=O)(=O)C4(C)CC4)CCC3C=CCCCCCC(NC(=O)OCC(C)C)C(=O)N2C1. The summed E-state index contributed by atoms with van der Waals surface area (Å²) in [5.41, 5.74) is -0.662. The van der Waals surface area contributed by atoms with Crippen molar-refractivity contribution in [1.82, 2.24) is 25.2 Å². The van der Waals surface area contributed by atoms with Crippen molar-refractivity contribution in [1.29, 1.82) is 0 Å². The van der Waals surface area contributed by atoms with E-state index in [1.165, 1.54) is 17.0 Å². The average Bonchev–Trinajstić information content (AvgIpc) is 3.79. The molecule has 5 atom stereocenters. The zero-order valence-corrected chi connectivity index (χ0v) is 32.9. The Morgan fingerprint density at radius 1 is 1.13 bits per heavy atom. The Labute approximate surface area is 321 Å². The minimum Gasteiger partial charge on any atom is -0.483 e. The number of carbonyl (C=O) groups excluding carboxylic acids is 4. The number of aryl methyl sites for hydroxylation is 2. The number of hydrogen-bond donors (Lipinski definition) is 3. The van der Waals surface area contributed by atoms with Crippen molar-refractivity contribution in [3.05, 3.63) is 47.4 Å². The zero-order valence-electron chi connectivity index (χ0n) is 32.0. The summed E-state index contributed by atoms with van der Waals surface area (Å²) in [6.45, 7) is 7.37. The van der Waals surface area contributed by atoms with Crippen LogP contribution in [0.15, 0.2) is 30.4 Å². The normalized spacial score (nSPS) is 29.1. The van der Waals surface area contributed by atoms with Gasteiger partial charge in [-0.3, -0.25) is 19.1 Å². The van der Waals surface area contributed by atoms with Crippen molar-refractivity contribution in [2.75, 3.05) is 13.2 Å². The van der Waals surface area contributed by atoms with E-state index < -0.39 is 73.5 Å². The number of alkyl carbamates (subject to hydrolysis) is 1. The van der Waals surface area contributed by atoms with Crippen LogP contribution in [0.4, 0.5) is 9.18 Å². The maximum Gasteiger partial charge on any atom is 0.407 e. The molecule has 2 aliphatic carbocycles. The second-order valence-corrected chi connectivity index (χ2v) is 19.1. The fourth-order valence-electron chi connectivity index (χ4n) is 8.47. The van der Waals surface area contributed by atoms with Crippen LogP contribution in [0.3, 0.4) is 0 Å². The molecule has 1 aromatic heterocycles. The molecule has 2 aromatic rings. The minimum absolute atomic E-state index is 0.0126. The van der Waals surface area contributed by atoms with E-state index in [1.807, 2.05) is 26.0 Å². The lowest BCUT2D eigenvalue weighted by Crippen LogP contribution is -2.70. The number of benzene rings is 1. The van der Waals surface area contributed by atoms with E-state index in [2.05, 4.69) is 20.3 Å². The highest BCUT2D eigenvalue weighted by molar-refractivity contribution is 7.91. The zero-order chi connectivity index (χ0) is 39.3. The van der Waals surface area contributed by atoms with Crippen molar-refractivity contribution in [2.45, 2.75) is 133 Å². The summed E-state index contributed by atoms with van der Waals surface area (Å²) < 4.78 is 54.2. The lowest BCUT2D eigenvalue weighted by atomic mass is 9.65. The molecule has 5 aliphatic rings. The smallest absolute Gasteiger partial charge is 0.407 e. The Morgan fingerprint density at radius 2 is 1.91 bits per heavy atom. The van der Waals surface area contributed by atoms with E-state index in [0.29, 0.717) is 68.3 Å². The number of fused-ring (bicyclic) bond motifs is 5. The number of rotatable bonds is 6. The molecule has 2 saturated carbocycles. The van der Waals surface area contributed by atoms with Crippen LogP contribution in [-0.2, 0) is 35.6 Å². The van der Waals surface area contributed by atoms with Crippen molar-refractivity contribution in [3.63, 3.8) is 0 Å². The fourth-order valence-corrected chi connectivity index (χ4v) is 9.78. The standard InChI is InChI=1S/C40H52FN5O8S/c1-24(2)22-53-37(50)43-30-11-9-7-5-6-8-10-26-14-17-40(26,36(49)45-55(51,52)38(4)18-19-38)44-34(47)32-21-39(23-46(32)35(30)48)16-15-29-28-13-12-27(41)20-31(28)42-25(3)33(29)54-39/h8,10,12-13,20,24,26,30,32H,5-7,9,11,14-19,21-23H2,1-4H3,(H,43,50)(H,44,47)(H,45,49). The summed E-state index contributed by atoms with van der Waals surface area (Å²) >= 11 is 0. The Balaban J connectivity index is 1.24. The lowest BCUT2D eigenvalue weighted by Gasteiger charge is -2.48. The molecule has 3 N–H and O–H groups in total. The number of ether oxygens (including phenoxy) is 2. The highest BCUT2D eigenvalue weighted by Crippen LogP contribution is 2.47. The Kier molecular flexibility index (Phi) is 10.4. The first-order chi connectivity index (χ1) is 26.1. The van der Waals surface area contributed by atoms with Crippen LogP contribution in [0.1, 0.15) is 103 Å². The summed E-state index contributed by atoms with van der Waals surface area (Å²) in [5.74, 6) is -2.13. The summed E-state index contributed by atoms with van der Waals surface area (Å²) in [5, 5.41) is 6.51. The lowest BCUT2D eigenvalue weighted by molar-refractivity contribution is -0.144. The fraction of sp³-hybridized carbons (Fsp3) is 0.625. The molecule has 1 saturated heterocycles. The van der Waals surface area contributed by atoms with E-state index in [1.54, 1.807) is 19.9 Å².